The Morgan fingerprint density at radius 1 is 0.491 bits per heavy atom. The van der Waals surface area contributed by atoms with Gasteiger partial charge in [0.25, 0.3) is 10.8 Å². The third kappa shape index (κ3) is 6.69. The van der Waals surface area contributed by atoms with Gasteiger partial charge in [0.15, 0.2) is 0 Å². The summed E-state index contributed by atoms with van der Waals surface area (Å²) in [4.78, 5) is 0. The van der Waals surface area contributed by atoms with Crippen molar-refractivity contribution < 1.29 is 35.1 Å². The van der Waals surface area contributed by atoms with Gasteiger partial charge in [0, 0.05) is 17.6 Å². The Morgan fingerprint density at radius 2 is 1.05 bits per heavy atom. The molecule has 2 aliphatic heterocycles. The number of fused-ring (bicyclic) bond motifs is 3. The number of hydrazone groups is 1. The van der Waals surface area contributed by atoms with Crippen LogP contribution < -0.4 is 13.9 Å². The van der Waals surface area contributed by atoms with E-state index in [1.807, 2.05) is 78.4 Å². The summed E-state index contributed by atoms with van der Waals surface area (Å²) >= 11 is 0. The van der Waals surface area contributed by atoms with E-state index in [2.05, 4.69) is 149 Å². The van der Waals surface area contributed by atoms with Crippen LogP contribution in [0, 0.1) is 12.1 Å². The van der Waals surface area contributed by atoms with Crippen molar-refractivity contribution in [2.75, 3.05) is 7.05 Å². The summed E-state index contributed by atoms with van der Waals surface area (Å²) in [5.41, 5.74) is 10.0. The fourth-order valence-electron chi connectivity index (χ4n) is 7.38. The number of ether oxygens (including phenoxy) is 1. The van der Waals surface area contributed by atoms with E-state index in [0.717, 1.165) is 67.2 Å². The predicted molar refractivity (Wildman–Crippen MR) is 224 cm³/mol. The van der Waals surface area contributed by atoms with Crippen LogP contribution in [0.15, 0.2) is 187 Å². The van der Waals surface area contributed by atoms with Crippen LogP contribution in [0.5, 0.6) is 11.5 Å². The zero-order valence-electron chi connectivity index (χ0n) is 30.8. The van der Waals surface area contributed by atoms with Crippen molar-refractivity contribution in [3.8, 4) is 33.8 Å². The summed E-state index contributed by atoms with van der Waals surface area (Å²) in [5.74, 6) is 1.89. The molecule has 10 rings (SSSR count). The molecule has 7 heteroatoms. The van der Waals surface area contributed by atoms with Gasteiger partial charge in [-0.3, -0.25) is 0 Å². The summed E-state index contributed by atoms with van der Waals surface area (Å²) in [7, 11) is 1.93. The molecule has 8 aromatic rings. The standard InChI is InChI=1S/C50H33N5O.Pt/c1-52-34-55(51-50(52)39-21-9-4-10-22-39)41-24-14-26-43(33-41)56-42-25-13-23-40(32-42)53-35-54(49-46-27-12-11-20-38(46)30-31-47(49)53)48-44(36-16-5-2-6-17-36)28-15-29-45(48)37-18-7-3-8-19-37;/h2-31H,1H3;/q2*+2. The van der Waals surface area contributed by atoms with Gasteiger partial charge < -0.3 is 4.74 Å². The number of amidine groups is 1. The number of rotatable bonds is 8. The number of para-hydroxylation sites is 1. The second-order valence-electron chi connectivity index (χ2n) is 13.5. The molecule has 2 aliphatic rings. The first-order valence-corrected chi connectivity index (χ1v) is 18.5. The maximum Gasteiger partial charge on any atom is 2.00 e. The van der Waals surface area contributed by atoms with Crippen molar-refractivity contribution in [3.05, 3.63) is 200 Å². The van der Waals surface area contributed by atoms with Crippen molar-refractivity contribution in [3.63, 3.8) is 0 Å². The van der Waals surface area contributed by atoms with E-state index in [1.165, 1.54) is 0 Å². The molecule has 0 saturated carbocycles. The average Bonchev–Trinajstić information content (AvgIpc) is 3.86. The van der Waals surface area contributed by atoms with Gasteiger partial charge >= 0.3 is 44.6 Å². The molecule has 0 aromatic heterocycles. The molecule has 0 saturated heterocycles. The Bertz CT molecular complexity index is 2960. The minimum atomic E-state index is 0. The van der Waals surface area contributed by atoms with Gasteiger partial charge in [-0.25, -0.2) is 0 Å². The topological polar surface area (TPSA) is 33.6 Å². The SMILES string of the molecule is C[N+]1=C=[N+](c2[c-]c(Oc3[c-]c([N+]4=C=[N+](c5c(-c6ccccc6)cccc5-c5ccccc5)c5c4ccc4ccccc54)ccc3)ccc2)N=C1c1ccccc1.[Pt+2]. The zero-order chi connectivity index (χ0) is 37.4. The van der Waals surface area contributed by atoms with E-state index in [1.54, 1.807) is 4.68 Å². The summed E-state index contributed by atoms with van der Waals surface area (Å²) < 4.78 is 14.3. The van der Waals surface area contributed by atoms with Crippen LogP contribution in [0.4, 0.5) is 28.4 Å². The molecule has 0 aliphatic carbocycles. The van der Waals surface area contributed by atoms with Crippen LogP contribution in [0.1, 0.15) is 5.56 Å². The predicted octanol–water partition coefficient (Wildman–Crippen LogP) is 11.3. The second kappa shape index (κ2) is 15.2. The quantitative estimate of drug-likeness (QED) is 0.110. The van der Waals surface area contributed by atoms with Crippen LogP contribution in [0.3, 0.4) is 0 Å². The van der Waals surface area contributed by atoms with Gasteiger partial charge in [0.05, 0.1) is 26.8 Å². The fourth-order valence-corrected chi connectivity index (χ4v) is 7.38. The number of hydrogen-bond donors (Lipinski definition) is 0. The van der Waals surface area contributed by atoms with E-state index in [-0.39, 0.29) is 21.1 Å². The van der Waals surface area contributed by atoms with Crippen LogP contribution in [0.25, 0.3) is 33.0 Å². The smallest absolute Gasteiger partial charge is 0.509 e. The minimum absolute atomic E-state index is 0. The zero-order valence-corrected chi connectivity index (χ0v) is 33.1. The summed E-state index contributed by atoms with van der Waals surface area (Å²) in [6, 6.07) is 76.2. The fraction of sp³-hybridized carbons (Fsp3) is 0.0200. The molecule has 57 heavy (non-hydrogen) atoms. The third-order valence-corrected chi connectivity index (χ3v) is 9.96. The summed E-state index contributed by atoms with van der Waals surface area (Å²) in [6.07, 6.45) is 0. The molecule has 0 fully saturated rings. The Hall–Kier alpha value is -7.06. The van der Waals surface area contributed by atoms with Gasteiger partial charge in [0.2, 0.25) is 5.69 Å². The van der Waals surface area contributed by atoms with Gasteiger partial charge in [-0.1, -0.05) is 126 Å². The molecule has 0 atom stereocenters. The van der Waals surface area contributed by atoms with E-state index in [0.29, 0.717) is 17.2 Å². The molecular formula is C50H33N5OPt+4. The minimum Gasteiger partial charge on any atom is -0.509 e. The molecule has 0 radical (unpaired) electrons. The van der Waals surface area contributed by atoms with Gasteiger partial charge in [0.1, 0.15) is 18.4 Å². The summed E-state index contributed by atoms with van der Waals surface area (Å²) in [6.45, 7) is 0. The number of nitrogens with zero attached hydrogens (tertiary/aromatic N) is 5. The van der Waals surface area contributed by atoms with Crippen molar-refractivity contribution in [1.29, 1.82) is 0 Å². The van der Waals surface area contributed by atoms with Crippen LogP contribution in [0.2, 0.25) is 0 Å². The molecular weight excluding hydrogens is 882 g/mol. The van der Waals surface area contributed by atoms with Crippen molar-refractivity contribution in [2.24, 2.45) is 5.10 Å². The van der Waals surface area contributed by atoms with Crippen LogP contribution >= 0.6 is 0 Å². The molecule has 6 nitrogen and oxygen atoms in total. The molecule has 2 heterocycles. The van der Waals surface area contributed by atoms with E-state index >= 15 is 0 Å². The normalized spacial score (nSPS) is 12.8. The largest absolute Gasteiger partial charge is 2.00 e. The van der Waals surface area contributed by atoms with E-state index < -0.39 is 0 Å². The van der Waals surface area contributed by atoms with Crippen LogP contribution in [-0.2, 0) is 21.1 Å². The molecule has 270 valence electrons. The first kappa shape index (κ1) is 35.6. The Morgan fingerprint density at radius 3 is 1.72 bits per heavy atom. The van der Waals surface area contributed by atoms with Crippen molar-refractivity contribution in [1.82, 2.24) is 9.15 Å². The molecule has 8 aromatic carbocycles. The van der Waals surface area contributed by atoms with E-state index in [9.17, 15) is 0 Å². The van der Waals surface area contributed by atoms with Crippen LogP contribution in [-0.4, -0.2) is 34.2 Å². The Balaban J connectivity index is 0.00000422. The first-order chi connectivity index (χ1) is 27.7. The molecule has 0 N–H and O–H groups in total. The third-order valence-electron chi connectivity index (χ3n) is 9.96. The molecule has 0 spiro atoms. The van der Waals surface area contributed by atoms with Crippen molar-refractivity contribution >= 4 is 57.1 Å². The second-order valence-corrected chi connectivity index (χ2v) is 13.5. The maximum atomic E-state index is 6.45. The Kier molecular flexibility index (Phi) is 9.52. The Labute approximate surface area is 345 Å². The maximum absolute atomic E-state index is 6.45. The van der Waals surface area contributed by atoms with Crippen molar-refractivity contribution in [2.45, 2.75) is 0 Å². The molecule has 0 unspecified atom stereocenters. The molecule has 0 amide bonds. The number of hydrogen-bond acceptors (Lipinski definition) is 2. The van der Waals surface area contributed by atoms with Gasteiger partial charge in [-0.05, 0) is 57.5 Å². The van der Waals surface area contributed by atoms with E-state index in [4.69, 9.17) is 9.84 Å². The monoisotopic (exact) mass is 914 g/mol. The summed E-state index contributed by atoms with van der Waals surface area (Å²) in [5, 5.41) is 7.07. The number of benzene rings is 8. The van der Waals surface area contributed by atoms with Gasteiger partial charge in [-0.15, -0.1) is 22.8 Å². The van der Waals surface area contributed by atoms with Gasteiger partial charge in [-0.2, -0.15) is 12.1 Å². The first-order valence-electron chi connectivity index (χ1n) is 18.5. The molecule has 0 bridgehead atoms. The average molecular weight is 915 g/mol.